The summed E-state index contributed by atoms with van der Waals surface area (Å²) >= 11 is 0. The van der Waals surface area contributed by atoms with E-state index in [1.165, 1.54) is 65.9 Å². The minimum atomic E-state index is 0.912. The lowest BCUT2D eigenvalue weighted by Gasteiger charge is -2.16. The Labute approximate surface area is 379 Å². The van der Waals surface area contributed by atoms with Crippen LogP contribution in [0.25, 0.3) is 132 Å². The fourth-order valence-electron chi connectivity index (χ4n) is 11.0. The average Bonchev–Trinajstić information content (AvgIpc) is 4.12. The van der Waals surface area contributed by atoms with E-state index in [4.69, 9.17) is 8.83 Å². The first-order valence-corrected chi connectivity index (χ1v) is 22.7. The summed E-state index contributed by atoms with van der Waals surface area (Å²) in [4.78, 5) is 0. The third-order valence-corrected chi connectivity index (χ3v) is 14.0. The molecule has 0 saturated carbocycles. The number of fused-ring (bicyclic) bond motifs is 12. The van der Waals surface area contributed by atoms with E-state index in [1.54, 1.807) is 0 Å². The molecule has 4 heteroatoms. The number of rotatable bonds is 5. The molecule has 0 saturated heterocycles. The van der Waals surface area contributed by atoms with E-state index in [2.05, 4.69) is 205 Å². The third-order valence-electron chi connectivity index (χ3n) is 14.0. The molecule has 4 aromatic heterocycles. The highest BCUT2D eigenvalue weighted by molar-refractivity contribution is 6.15. The third kappa shape index (κ3) is 5.33. The van der Waals surface area contributed by atoms with Crippen LogP contribution in [0.1, 0.15) is 11.1 Å². The Hall–Kier alpha value is -8.60. The molecule has 4 heterocycles. The zero-order chi connectivity index (χ0) is 43.6. The van der Waals surface area contributed by atoms with Crippen LogP contribution >= 0.6 is 0 Å². The summed E-state index contributed by atoms with van der Waals surface area (Å²) in [6, 6.07) is 74.6. The van der Waals surface area contributed by atoms with E-state index in [-0.39, 0.29) is 0 Å². The van der Waals surface area contributed by atoms with Crippen molar-refractivity contribution < 1.29 is 8.83 Å². The number of benzene rings is 10. The fourth-order valence-corrected chi connectivity index (χ4v) is 11.0. The quantitative estimate of drug-likeness (QED) is 0.173. The Kier molecular flexibility index (Phi) is 7.79. The van der Waals surface area contributed by atoms with Gasteiger partial charge in [0.2, 0.25) is 0 Å². The molecule has 0 amide bonds. The highest BCUT2D eigenvalue weighted by Crippen LogP contribution is 2.42. The molecule has 310 valence electrons. The highest BCUT2D eigenvalue weighted by atomic mass is 16.3. The van der Waals surface area contributed by atoms with E-state index in [1.807, 2.05) is 24.3 Å². The zero-order valence-corrected chi connectivity index (χ0v) is 36.3. The van der Waals surface area contributed by atoms with Crippen molar-refractivity contribution in [1.29, 1.82) is 0 Å². The van der Waals surface area contributed by atoms with Gasteiger partial charge < -0.3 is 18.0 Å². The Bertz CT molecular complexity index is 4040. The number of furan rings is 2. The van der Waals surface area contributed by atoms with Crippen LogP contribution in [-0.2, 0) is 0 Å². The van der Waals surface area contributed by atoms with Crippen LogP contribution in [-0.4, -0.2) is 9.13 Å². The molecule has 10 aromatic carbocycles. The molecule has 0 radical (unpaired) electrons. The minimum Gasteiger partial charge on any atom is -0.455 e. The second-order valence-electron chi connectivity index (χ2n) is 17.7. The maximum atomic E-state index is 6.47. The number of hydrogen-bond donors (Lipinski definition) is 0. The molecule has 0 bridgehead atoms. The predicted molar refractivity (Wildman–Crippen MR) is 275 cm³/mol. The van der Waals surface area contributed by atoms with Crippen molar-refractivity contribution in [2.24, 2.45) is 0 Å². The Balaban J connectivity index is 0.839. The summed E-state index contributed by atoms with van der Waals surface area (Å²) in [6.07, 6.45) is 0. The number of aromatic nitrogens is 2. The van der Waals surface area contributed by atoms with E-state index < -0.39 is 0 Å². The lowest BCUT2D eigenvalue weighted by atomic mass is 9.95. The summed E-state index contributed by atoms with van der Waals surface area (Å²) in [7, 11) is 0. The first-order valence-electron chi connectivity index (χ1n) is 22.7. The predicted octanol–water partition coefficient (Wildman–Crippen LogP) is 17.3. The molecule has 0 aliphatic rings. The lowest BCUT2D eigenvalue weighted by Crippen LogP contribution is -1.98. The summed E-state index contributed by atoms with van der Waals surface area (Å²) in [5, 5.41) is 9.45. The van der Waals surface area contributed by atoms with Gasteiger partial charge in [-0.1, -0.05) is 133 Å². The van der Waals surface area contributed by atoms with Crippen LogP contribution in [0, 0.1) is 13.8 Å². The molecule has 0 spiro atoms. The van der Waals surface area contributed by atoms with E-state index in [0.717, 1.165) is 77.5 Å². The normalized spacial score (nSPS) is 12.1. The van der Waals surface area contributed by atoms with Gasteiger partial charge in [0.15, 0.2) is 0 Å². The molecule has 0 unspecified atom stereocenters. The van der Waals surface area contributed by atoms with Gasteiger partial charge in [-0.15, -0.1) is 0 Å². The van der Waals surface area contributed by atoms with Crippen molar-refractivity contribution in [3.05, 3.63) is 217 Å². The Morgan fingerprint density at radius 3 is 1.14 bits per heavy atom. The lowest BCUT2D eigenvalue weighted by molar-refractivity contribution is 0.669. The second kappa shape index (κ2) is 13.9. The van der Waals surface area contributed by atoms with Gasteiger partial charge in [-0.05, 0) is 120 Å². The van der Waals surface area contributed by atoms with E-state index in [0.29, 0.717) is 0 Å². The number of para-hydroxylation sites is 6. The van der Waals surface area contributed by atoms with Crippen molar-refractivity contribution in [1.82, 2.24) is 9.13 Å². The molecule has 14 aromatic rings. The van der Waals surface area contributed by atoms with Crippen LogP contribution in [0.2, 0.25) is 0 Å². The van der Waals surface area contributed by atoms with Crippen molar-refractivity contribution in [3.8, 4) is 44.8 Å². The molecule has 0 fully saturated rings. The van der Waals surface area contributed by atoms with Crippen LogP contribution < -0.4 is 0 Å². The highest BCUT2D eigenvalue weighted by Gasteiger charge is 2.20. The van der Waals surface area contributed by atoms with Gasteiger partial charge in [0.25, 0.3) is 0 Å². The van der Waals surface area contributed by atoms with Gasteiger partial charge >= 0.3 is 0 Å². The molecule has 0 N–H and O–H groups in total. The first kappa shape index (κ1) is 36.8. The van der Waals surface area contributed by atoms with Crippen molar-refractivity contribution in [2.75, 3.05) is 0 Å². The van der Waals surface area contributed by atoms with Crippen molar-refractivity contribution in [3.63, 3.8) is 0 Å². The van der Waals surface area contributed by atoms with Gasteiger partial charge in [0, 0.05) is 65.6 Å². The van der Waals surface area contributed by atoms with Gasteiger partial charge in [-0.3, -0.25) is 0 Å². The van der Waals surface area contributed by atoms with Gasteiger partial charge in [-0.2, -0.15) is 0 Å². The topological polar surface area (TPSA) is 36.1 Å². The minimum absolute atomic E-state index is 0.912. The SMILES string of the molecule is Cc1cc(-n2c3ccccc3c3cc(-c4cccc5c4oc4ccccc45)ccc32)ccc1-c1ccc(-n2c3ccccc3c3cc(-c4cccc5c4oc4ccccc45)ccc32)cc1C. The molecular formula is C62H40N2O2. The van der Waals surface area contributed by atoms with Crippen molar-refractivity contribution >= 4 is 87.5 Å². The smallest absolute Gasteiger partial charge is 0.143 e. The van der Waals surface area contributed by atoms with Crippen LogP contribution in [0.3, 0.4) is 0 Å². The molecule has 0 aliphatic carbocycles. The summed E-state index contributed by atoms with van der Waals surface area (Å²) < 4.78 is 17.8. The van der Waals surface area contributed by atoms with Crippen LogP contribution in [0.4, 0.5) is 0 Å². The molecule has 66 heavy (non-hydrogen) atoms. The molecule has 4 nitrogen and oxygen atoms in total. The monoisotopic (exact) mass is 844 g/mol. The molecule has 0 aliphatic heterocycles. The maximum Gasteiger partial charge on any atom is 0.143 e. The zero-order valence-electron chi connectivity index (χ0n) is 36.3. The Morgan fingerprint density at radius 1 is 0.288 bits per heavy atom. The molecule has 14 rings (SSSR count). The maximum absolute atomic E-state index is 6.47. The fraction of sp³-hybridized carbons (Fsp3) is 0.0323. The van der Waals surface area contributed by atoms with Crippen molar-refractivity contribution in [2.45, 2.75) is 13.8 Å². The van der Waals surface area contributed by atoms with E-state index in [9.17, 15) is 0 Å². The number of nitrogens with zero attached hydrogens (tertiary/aromatic N) is 2. The largest absolute Gasteiger partial charge is 0.455 e. The number of hydrogen-bond acceptors (Lipinski definition) is 2. The van der Waals surface area contributed by atoms with Gasteiger partial charge in [0.05, 0.1) is 22.1 Å². The first-order chi connectivity index (χ1) is 32.6. The molecule has 0 atom stereocenters. The number of aryl methyl sites for hydroxylation is 2. The van der Waals surface area contributed by atoms with Crippen LogP contribution in [0.5, 0.6) is 0 Å². The van der Waals surface area contributed by atoms with Gasteiger partial charge in [0.1, 0.15) is 22.3 Å². The summed E-state index contributed by atoms with van der Waals surface area (Å²) in [6.45, 7) is 4.48. The Morgan fingerprint density at radius 2 is 0.682 bits per heavy atom. The average molecular weight is 845 g/mol. The summed E-state index contributed by atoms with van der Waals surface area (Å²) in [5.74, 6) is 0. The van der Waals surface area contributed by atoms with Crippen LogP contribution in [0.15, 0.2) is 215 Å². The van der Waals surface area contributed by atoms with E-state index >= 15 is 0 Å². The molecular weight excluding hydrogens is 805 g/mol. The van der Waals surface area contributed by atoms with Gasteiger partial charge in [-0.25, -0.2) is 0 Å². The standard InChI is InChI=1S/C62H40N2O2/c1-37-33-41(63-55-21-7-3-13-47(55)53-35-39(25-31-57(53)63)45-17-11-19-51-49-15-5-9-23-59(49)65-61(45)51)27-29-43(37)44-30-28-42(34-38(44)2)64-56-22-8-4-14-48(56)54-36-40(26-32-58(54)64)46-18-12-20-52-50-16-6-10-24-60(50)66-62(46)52/h3-36H,1-2H3. The summed E-state index contributed by atoms with van der Waals surface area (Å²) in [5.41, 5.74) is 20.1. The second-order valence-corrected chi connectivity index (χ2v) is 17.7.